The molecular weight excluding hydrogens is 328 g/mol. The first-order chi connectivity index (χ1) is 9.17. The Bertz CT molecular complexity index is 491. The van der Waals surface area contributed by atoms with Crippen molar-refractivity contribution < 1.29 is 9.53 Å². The number of likely N-dealkylation sites (tertiary alicyclic amines) is 1. The predicted molar refractivity (Wildman–Crippen MR) is 79.0 cm³/mol. The van der Waals surface area contributed by atoms with Gasteiger partial charge < -0.3 is 15.0 Å². The number of nitrogens with zero attached hydrogens (tertiary/aromatic N) is 1. The molecule has 3 rings (SSSR count). The number of methoxy groups -OCH3 is 1. The first kappa shape index (κ1) is 13.4. The second-order valence-corrected chi connectivity index (χ2v) is 7.50. The van der Waals surface area contributed by atoms with E-state index >= 15 is 0 Å². The molecule has 1 aromatic rings. The van der Waals surface area contributed by atoms with Crippen LogP contribution in [0.4, 0.5) is 0 Å². The number of rotatable bonds is 2. The topological polar surface area (TPSA) is 41.6 Å². The molecule has 6 heteroatoms. The summed E-state index contributed by atoms with van der Waals surface area (Å²) in [7, 11) is 1.62. The Hall–Kier alpha value is -0.590. The van der Waals surface area contributed by atoms with Crippen LogP contribution in [0.25, 0.3) is 0 Å². The molecule has 19 heavy (non-hydrogen) atoms. The average molecular weight is 345 g/mol. The highest BCUT2D eigenvalue weighted by Crippen LogP contribution is 2.35. The number of ether oxygens (including phenoxy) is 1. The molecule has 4 nitrogen and oxygen atoms in total. The van der Waals surface area contributed by atoms with Gasteiger partial charge in [-0.1, -0.05) is 0 Å². The van der Waals surface area contributed by atoms with Crippen molar-refractivity contribution >= 4 is 33.2 Å². The molecule has 2 bridgehead atoms. The number of thiophene rings is 1. The van der Waals surface area contributed by atoms with Crippen LogP contribution in [0.15, 0.2) is 9.85 Å². The SMILES string of the molecule is COc1cc(C(=O)N2CCC3CCC(C2)N3)sc1Br. The van der Waals surface area contributed by atoms with E-state index in [9.17, 15) is 4.79 Å². The lowest BCUT2D eigenvalue weighted by atomic mass is 10.1. The Kier molecular flexibility index (Phi) is 3.82. The van der Waals surface area contributed by atoms with Gasteiger partial charge in [-0.2, -0.15) is 0 Å². The van der Waals surface area contributed by atoms with Crippen LogP contribution in [-0.4, -0.2) is 43.1 Å². The van der Waals surface area contributed by atoms with E-state index in [2.05, 4.69) is 21.2 Å². The number of carbonyl (C=O) groups excluding carboxylic acids is 1. The van der Waals surface area contributed by atoms with Gasteiger partial charge >= 0.3 is 0 Å². The molecule has 2 aliphatic heterocycles. The number of halogens is 1. The van der Waals surface area contributed by atoms with Crippen molar-refractivity contribution in [3.05, 3.63) is 14.7 Å². The van der Waals surface area contributed by atoms with E-state index in [1.165, 1.54) is 24.2 Å². The van der Waals surface area contributed by atoms with Crippen molar-refractivity contribution in [1.29, 1.82) is 0 Å². The quantitative estimate of drug-likeness (QED) is 0.896. The predicted octanol–water partition coefficient (Wildman–Crippen LogP) is 2.49. The van der Waals surface area contributed by atoms with Crippen molar-refractivity contribution in [2.75, 3.05) is 20.2 Å². The molecule has 2 aliphatic rings. The van der Waals surface area contributed by atoms with E-state index in [-0.39, 0.29) is 5.91 Å². The highest BCUT2D eigenvalue weighted by molar-refractivity contribution is 9.11. The van der Waals surface area contributed by atoms with Crippen molar-refractivity contribution in [2.45, 2.75) is 31.3 Å². The van der Waals surface area contributed by atoms with Gasteiger partial charge in [-0.05, 0) is 35.2 Å². The minimum atomic E-state index is 0.128. The van der Waals surface area contributed by atoms with Crippen LogP contribution in [0.1, 0.15) is 28.9 Å². The molecule has 2 fully saturated rings. The van der Waals surface area contributed by atoms with Crippen LogP contribution in [0.5, 0.6) is 5.75 Å². The van der Waals surface area contributed by atoms with E-state index in [4.69, 9.17) is 4.74 Å². The number of amides is 1. The third-order valence-electron chi connectivity index (χ3n) is 3.90. The van der Waals surface area contributed by atoms with Crippen LogP contribution in [0.2, 0.25) is 0 Å². The molecule has 2 atom stereocenters. The van der Waals surface area contributed by atoms with Gasteiger partial charge in [-0.3, -0.25) is 4.79 Å². The van der Waals surface area contributed by atoms with Crippen molar-refractivity contribution in [3.63, 3.8) is 0 Å². The summed E-state index contributed by atoms with van der Waals surface area (Å²) in [5.41, 5.74) is 0. The normalized spacial score (nSPS) is 26.3. The molecule has 1 N–H and O–H groups in total. The second-order valence-electron chi connectivity index (χ2n) is 5.13. The van der Waals surface area contributed by atoms with E-state index in [1.807, 2.05) is 11.0 Å². The fraction of sp³-hybridized carbons (Fsp3) is 0.615. The highest BCUT2D eigenvalue weighted by atomic mass is 79.9. The highest BCUT2D eigenvalue weighted by Gasteiger charge is 2.32. The van der Waals surface area contributed by atoms with E-state index in [0.29, 0.717) is 12.1 Å². The number of hydrogen-bond acceptors (Lipinski definition) is 4. The minimum Gasteiger partial charge on any atom is -0.495 e. The molecule has 0 radical (unpaired) electrons. The summed E-state index contributed by atoms with van der Waals surface area (Å²) >= 11 is 4.88. The summed E-state index contributed by atoms with van der Waals surface area (Å²) in [5.74, 6) is 0.867. The van der Waals surface area contributed by atoms with Crippen molar-refractivity contribution in [1.82, 2.24) is 10.2 Å². The number of nitrogens with one attached hydrogen (secondary N) is 1. The zero-order chi connectivity index (χ0) is 13.4. The van der Waals surface area contributed by atoms with Crippen LogP contribution < -0.4 is 10.1 Å². The Morgan fingerprint density at radius 1 is 1.47 bits per heavy atom. The Balaban J connectivity index is 1.75. The first-order valence-electron chi connectivity index (χ1n) is 6.56. The third kappa shape index (κ3) is 2.66. The van der Waals surface area contributed by atoms with Crippen molar-refractivity contribution in [3.8, 4) is 5.75 Å². The molecule has 0 saturated carbocycles. The maximum atomic E-state index is 12.5. The molecule has 104 valence electrons. The molecular formula is C13H17BrN2O2S. The largest absolute Gasteiger partial charge is 0.495 e. The molecule has 0 aliphatic carbocycles. The average Bonchev–Trinajstić information content (AvgIpc) is 2.91. The van der Waals surface area contributed by atoms with Gasteiger partial charge in [0.05, 0.1) is 12.0 Å². The molecule has 3 heterocycles. The summed E-state index contributed by atoms with van der Waals surface area (Å²) in [4.78, 5) is 15.3. The lowest BCUT2D eigenvalue weighted by molar-refractivity contribution is 0.0753. The van der Waals surface area contributed by atoms with Crippen LogP contribution in [-0.2, 0) is 0 Å². The van der Waals surface area contributed by atoms with E-state index in [1.54, 1.807) is 7.11 Å². The number of hydrogen-bond donors (Lipinski definition) is 1. The van der Waals surface area contributed by atoms with E-state index < -0.39 is 0 Å². The van der Waals surface area contributed by atoms with Crippen LogP contribution >= 0.6 is 27.3 Å². The van der Waals surface area contributed by atoms with Crippen LogP contribution in [0.3, 0.4) is 0 Å². The fourth-order valence-electron chi connectivity index (χ4n) is 2.88. The summed E-state index contributed by atoms with van der Waals surface area (Å²) in [6.07, 6.45) is 3.50. The molecule has 0 spiro atoms. The van der Waals surface area contributed by atoms with Gasteiger partial charge in [-0.15, -0.1) is 11.3 Å². The zero-order valence-electron chi connectivity index (χ0n) is 10.8. The molecule has 1 amide bonds. The zero-order valence-corrected chi connectivity index (χ0v) is 13.2. The maximum absolute atomic E-state index is 12.5. The number of fused-ring (bicyclic) bond motifs is 2. The van der Waals surface area contributed by atoms with Crippen LogP contribution in [0, 0.1) is 0 Å². The monoisotopic (exact) mass is 344 g/mol. The maximum Gasteiger partial charge on any atom is 0.264 e. The lowest BCUT2D eigenvalue weighted by Gasteiger charge is -2.23. The minimum absolute atomic E-state index is 0.128. The summed E-state index contributed by atoms with van der Waals surface area (Å²) in [5, 5.41) is 3.59. The van der Waals surface area contributed by atoms with Crippen molar-refractivity contribution in [2.24, 2.45) is 0 Å². The molecule has 0 aromatic carbocycles. The van der Waals surface area contributed by atoms with Gasteiger partial charge in [-0.25, -0.2) is 0 Å². The first-order valence-corrected chi connectivity index (χ1v) is 8.17. The summed E-state index contributed by atoms with van der Waals surface area (Å²) in [6.45, 7) is 1.68. The molecule has 2 saturated heterocycles. The van der Waals surface area contributed by atoms with Gasteiger partial charge in [0.25, 0.3) is 5.91 Å². The Labute approximate surface area is 125 Å². The number of carbonyl (C=O) groups is 1. The van der Waals surface area contributed by atoms with E-state index in [0.717, 1.165) is 33.9 Å². The van der Waals surface area contributed by atoms with Gasteiger partial charge in [0.15, 0.2) is 0 Å². The summed E-state index contributed by atoms with van der Waals surface area (Å²) < 4.78 is 6.10. The fourth-order valence-corrected chi connectivity index (χ4v) is 4.50. The third-order valence-corrected chi connectivity index (χ3v) is 5.67. The smallest absolute Gasteiger partial charge is 0.264 e. The summed E-state index contributed by atoms with van der Waals surface area (Å²) in [6, 6.07) is 2.90. The lowest BCUT2D eigenvalue weighted by Crippen LogP contribution is -2.38. The van der Waals surface area contributed by atoms with Gasteiger partial charge in [0, 0.05) is 31.2 Å². The molecule has 1 aromatic heterocycles. The van der Waals surface area contributed by atoms with Gasteiger partial charge in [0.2, 0.25) is 0 Å². The molecule has 2 unspecified atom stereocenters. The Morgan fingerprint density at radius 3 is 3.00 bits per heavy atom. The second kappa shape index (κ2) is 5.42. The Morgan fingerprint density at radius 2 is 2.26 bits per heavy atom. The van der Waals surface area contributed by atoms with Gasteiger partial charge in [0.1, 0.15) is 9.54 Å². The standard InChI is InChI=1S/C13H17BrN2O2S/c1-18-10-6-11(19-12(10)14)13(17)16-5-4-8-2-3-9(7-16)15-8/h6,8-9,15H,2-5,7H2,1H3.